The van der Waals surface area contributed by atoms with Crippen molar-refractivity contribution in [2.24, 2.45) is 0 Å². The normalized spacial score (nSPS) is 19.3. The smallest absolute Gasteiger partial charge is 0.230 e. The lowest BCUT2D eigenvalue weighted by molar-refractivity contribution is -0.121. The van der Waals surface area contributed by atoms with Crippen LogP contribution in [0.15, 0.2) is 5.16 Å². The van der Waals surface area contributed by atoms with Gasteiger partial charge in [-0.25, -0.2) is 4.98 Å². The molecule has 7 nitrogen and oxygen atoms in total. The fraction of sp³-hybridized carbons (Fsp3) is 0.727. The predicted molar refractivity (Wildman–Crippen MR) is 70.1 cm³/mol. The molecule has 0 aliphatic carbocycles. The Kier molecular flexibility index (Phi) is 5.62. The van der Waals surface area contributed by atoms with E-state index < -0.39 is 0 Å². The molecule has 1 aromatic rings. The van der Waals surface area contributed by atoms with Crippen LogP contribution in [0.4, 0.5) is 0 Å². The minimum absolute atomic E-state index is 0.0436. The van der Waals surface area contributed by atoms with Gasteiger partial charge in [-0.1, -0.05) is 18.7 Å². The molecule has 1 aliphatic heterocycles. The Morgan fingerprint density at radius 3 is 3.16 bits per heavy atom. The second kappa shape index (κ2) is 7.46. The second-order valence-electron chi connectivity index (χ2n) is 4.08. The number of aromatic nitrogens is 3. The highest BCUT2D eigenvalue weighted by molar-refractivity contribution is 7.99. The molecule has 1 atom stereocenters. The van der Waals surface area contributed by atoms with Gasteiger partial charge in [-0.3, -0.25) is 9.89 Å². The highest BCUT2D eigenvalue weighted by atomic mass is 32.2. The van der Waals surface area contributed by atoms with Gasteiger partial charge in [0.15, 0.2) is 0 Å². The number of nitrogens with one attached hydrogen (secondary N) is 2. The number of ether oxygens (including phenoxy) is 2. The van der Waals surface area contributed by atoms with Crippen LogP contribution in [0.3, 0.4) is 0 Å². The molecule has 106 valence electrons. The molecule has 0 spiro atoms. The van der Waals surface area contributed by atoms with Crippen LogP contribution in [-0.4, -0.2) is 59.3 Å². The molecule has 1 saturated heterocycles. The number of amides is 1. The number of hydrogen-bond acceptors (Lipinski definition) is 6. The van der Waals surface area contributed by atoms with E-state index in [4.69, 9.17) is 9.47 Å². The maximum absolute atomic E-state index is 11.6. The van der Waals surface area contributed by atoms with E-state index in [9.17, 15) is 4.79 Å². The predicted octanol–water partition coefficient (Wildman–Crippen LogP) is -0.00920. The summed E-state index contributed by atoms with van der Waals surface area (Å²) in [6.45, 7) is 4.23. The van der Waals surface area contributed by atoms with Crippen molar-refractivity contribution in [3.63, 3.8) is 0 Å². The highest BCUT2D eigenvalue weighted by Gasteiger charge is 2.15. The van der Waals surface area contributed by atoms with Gasteiger partial charge in [-0.2, -0.15) is 0 Å². The number of carbonyl (C=O) groups excluding carboxylic acids is 1. The van der Waals surface area contributed by atoms with Crippen LogP contribution in [-0.2, 0) is 20.7 Å². The molecule has 0 aromatic carbocycles. The zero-order chi connectivity index (χ0) is 13.5. The SMILES string of the molecule is CCc1nc(SCC(=O)NCC2COCCO2)n[nH]1. The lowest BCUT2D eigenvalue weighted by Gasteiger charge is -2.22. The van der Waals surface area contributed by atoms with E-state index >= 15 is 0 Å². The molecule has 1 amide bonds. The van der Waals surface area contributed by atoms with Gasteiger partial charge in [0.05, 0.1) is 31.7 Å². The van der Waals surface area contributed by atoms with E-state index in [0.29, 0.717) is 37.3 Å². The third kappa shape index (κ3) is 4.81. The first-order valence-corrected chi connectivity index (χ1v) is 7.26. The van der Waals surface area contributed by atoms with Crippen molar-refractivity contribution >= 4 is 17.7 Å². The van der Waals surface area contributed by atoms with Gasteiger partial charge in [0.1, 0.15) is 5.82 Å². The summed E-state index contributed by atoms with van der Waals surface area (Å²) in [6, 6.07) is 0. The monoisotopic (exact) mass is 286 g/mol. The fourth-order valence-electron chi connectivity index (χ4n) is 1.56. The number of aryl methyl sites for hydroxylation is 1. The van der Waals surface area contributed by atoms with Crippen molar-refractivity contribution in [3.8, 4) is 0 Å². The topological polar surface area (TPSA) is 89.1 Å². The Morgan fingerprint density at radius 2 is 2.47 bits per heavy atom. The Balaban J connectivity index is 1.63. The van der Waals surface area contributed by atoms with Crippen LogP contribution < -0.4 is 5.32 Å². The summed E-state index contributed by atoms with van der Waals surface area (Å²) < 4.78 is 10.7. The zero-order valence-electron chi connectivity index (χ0n) is 10.8. The molecule has 2 rings (SSSR count). The maximum atomic E-state index is 11.6. The number of hydrogen-bond donors (Lipinski definition) is 2. The van der Waals surface area contributed by atoms with Gasteiger partial charge in [0.25, 0.3) is 0 Å². The molecule has 0 radical (unpaired) electrons. The average molecular weight is 286 g/mol. The number of nitrogens with zero attached hydrogens (tertiary/aromatic N) is 2. The Labute approximate surface area is 115 Å². The summed E-state index contributed by atoms with van der Waals surface area (Å²) in [6.07, 6.45) is 0.761. The van der Waals surface area contributed by atoms with Crippen LogP contribution in [0.1, 0.15) is 12.7 Å². The van der Waals surface area contributed by atoms with Gasteiger partial charge >= 0.3 is 0 Å². The average Bonchev–Trinajstić information content (AvgIpc) is 2.92. The lowest BCUT2D eigenvalue weighted by atomic mass is 10.3. The zero-order valence-corrected chi connectivity index (χ0v) is 11.7. The Hall–Kier alpha value is -1.12. The third-order valence-electron chi connectivity index (χ3n) is 2.59. The van der Waals surface area contributed by atoms with Crippen LogP contribution in [0.2, 0.25) is 0 Å². The van der Waals surface area contributed by atoms with E-state index in [1.807, 2.05) is 6.92 Å². The standard InChI is InChI=1S/C11H18N4O3S/c1-2-9-13-11(15-14-9)19-7-10(16)12-5-8-6-17-3-4-18-8/h8H,2-7H2,1H3,(H,12,16)(H,13,14,15). The van der Waals surface area contributed by atoms with Crippen molar-refractivity contribution in [3.05, 3.63) is 5.82 Å². The maximum Gasteiger partial charge on any atom is 0.230 e. The lowest BCUT2D eigenvalue weighted by Crippen LogP contribution is -2.40. The van der Waals surface area contributed by atoms with Crippen molar-refractivity contribution in [1.82, 2.24) is 20.5 Å². The van der Waals surface area contributed by atoms with Crippen molar-refractivity contribution in [1.29, 1.82) is 0 Å². The number of H-pyrrole nitrogens is 1. The first kappa shape index (κ1) is 14.3. The van der Waals surface area contributed by atoms with Gasteiger partial charge in [0.2, 0.25) is 11.1 Å². The first-order valence-electron chi connectivity index (χ1n) is 6.28. The fourth-order valence-corrected chi connectivity index (χ4v) is 2.21. The molecule has 2 N–H and O–H groups in total. The van der Waals surface area contributed by atoms with Crippen LogP contribution in [0, 0.1) is 0 Å². The summed E-state index contributed by atoms with van der Waals surface area (Å²) in [5.41, 5.74) is 0. The molecule has 1 aromatic heterocycles. The molecule has 0 bridgehead atoms. The molecule has 2 heterocycles. The van der Waals surface area contributed by atoms with E-state index in [0.717, 1.165) is 12.2 Å². The Bertz CT molecular complexity index is 406. The van der Waals surface area contributed by atoms with Crippen molar-refractivity contribution < 1.29 is 14.3 Å². The van der Waals surface area contributed by atoms with E-state index in [-0.39, 0.29) is 12.0 Å². The number of rotatable bonds is 6. The molecular weight excluding hydrogens is 268 g/mol. The minimum Gasteiger partial charge on any atom is -0.376 e. The summed E-state index contributed by atoms with van der Waals surface area (Å²) in [4.78, 5) is 15.9. The number of carbonyl (C=O) groups is 1. The van der Waals surface area contributed by atoms with Gasteiger partial charge in [-0.05, 0) is 0 Å². The van der Waals surface area contributed by atoms with Crippen molar-refractivity contribution in [2.45, 2.75) is 24.6 Å². The highest BCUT2D eigenvalue weighted by Crippen LogP contribution is 2.11. The summed E-state index contributed by atoms with van der Waals surface area (Å²) in [5, 5.41) is 10.2. The van der Waals surface area contributed by atoms with E-state index in [2.05, 4.69) is 20.5 Å². The van der Waals surface area contributed by atoms with E-state index in [1.54, 1.807) is 0 Å². The minimum atomic E-state index is -0.0537. The van der Waals surface area contributed by atoms with Gasteiger partial charge in [0, 0.05) is 13.0 Å². The number of aromatic amines is 1. The van der Waals surface area contributed by atoms with Crippen LogP contribution in [0.5, 0.6) is 0 Å². The summed E-state index contributed by atoms with van der Waals surface area (Å²) in [5.74, 6) is 1.08. The van der Waals surface area contributed by atoms with Gasteiger partial charge < -0.3 is 14.8 Å². The second-order valence-corrected chi connectivity index (χ2v) is 5.02. The first-order chi connectivity index (χ1) is 9.28. The third-order valence-corrected chi connectivity index (χ3v) is 3.44. The largest absolute Gasteiger partial charge is 0.376 e. The molecule has 8 heteroatoms. The molecule has 1 fully saturated rings. The molecular formula is C11H18N4O3S. The molecule has 19 heavy (non-hydrogen) atoms. The van der Waals surface area contributed by atoms with Crippen LogP contribution >= 0.6 is 11.8 Å². The van der Waals surface area contributed by atoms with Crippen LogP contribution in [0.25, 0.3) is 0 Å². The van der Waals surface area contributed by atoms with Gasteiger partial charge in [-0.15, -0.1) is 5.10 Å². The summed E-state index contributed by atoms with van der Waals surface area (Å²) >= 11 is 1.31. The Morgan fingerprint density at radius 1 is 1.58 bits per heavy atom. The quantitative estimate of drug-likeness (QED) is 0.715. The molecule has 0 saturated carbocycles. The number of thioether (sulfide) groups is 1. The summed E-state index contributed by atoms with van der Waals surface area (Å²) in [7, 11) is 0. The molecule has 1 aliphatic rings. The van der Waals surface area contributed by atoms with E-state index in [1.165, 1.54) is 11.8 Å². The molecule has 1 unspecified atom stereocenters. The van der Waals surface area contributed by atoms with Crippen molar-refractivity contribution in [2.75, 3.05) is 32.1 Å².